The number of carbonyl (C=O) groups excluding carboxylic acids is 2. The van der Waals surface area contributed by atoms with Crippen LogP contribution >= 0.6 is 0 Å². The maximum atomic E-state index is 14.4. The van der Waals surface area contributed by atoms with E-state index in [4.69, 9.17) is 9.57 Å². The van der Waals surface area contributed by atoms with Crippen molar-refractivity contribution in [1.29, 1.82) is 0 Å². The number of benzene rings is 3. The van der Waals surface area contributed by atoms with E-state index in [1.54, 1.807) is 31.2 Å². The normalized spacial score (nSPS) is 26.2. The van der Waals surface area contributed by atoms with Crippen LogP contribution in [0.4, 0.5) is 5.69 Å². The number of fused-ring (bicyclic) bond motifs is 2. The first-order valence-electron chi connectivity index (χ1n) is 21.2. The van der Waals surface area contributed by atoms with Crippen molar-refractivity contribution >= 4 is 27.5 Å². The number of nitrogens with one attached hydrogen (secondary N) is 3. The summed E-state index contributed by atoms with van der Waals surface area (Å²) in [6.45, 7) is 8.56. The van der Waals surface area contributed by atoms with Gasteiger partial charge in [-0.25, -0.2) is 13.1 Å². The molecule has 334 valence electrons. The number of rotatable bonds is 17. The molecule has 15 heteroatoms. The summed E-state index contributed by atoms with van der Waals surface area (Å²) in [5.41, 5.74) is 4.13. The number of anilines is 1. The second kappa shape index (κ2) is 18.7. The van der Waals surface area contributed by atoms with Crippen molar-refractivity contribution in [1.82, 2.24) is 25.3 Å². The fourth-order valence-electron chi connectivity index (χ4n) is 10.1. The van der Waals surface area contributed by atoms with Crippen LogP contribution in [0.1, 0.15) is 68.1 Å². The molecule has 0 spiro atoms. The number of hydrogen-bond acceptors (Lipinski definition) is 11. The van der Waals surface area contributed by atoms with Crippen LogP contribution in [-0.2, 0) is 26.2 Å². The van der Waals surface area contributed by atoms with Crippen LogP contribution in [0.15, 0.2) is 66.7 Å². The Labute approximate surface area is 362 Å². The molecule has 1 saturated heterocycles. The molecule has 14 nitrogen and oxygen atoms in total. The van der Waals surface area contributed by atoms with E-state index in [1.165, 1.54) is 6.42 Å². The molecule has 10 atom stereocenters. The lowest BCUT2D eigenvalue weighted by molar-refractivity contribution is -0.183. The lowest BCUT2D eigenvalue weighted by atomic mass is 9.45. The first kappa shape index (κ1) is 46.4. The third kappa shape index (κ3) is 10.1. The molecule has 3 saturated carbocycles. The summed E-state index contributed by atoms with van der Waals surface area (Å²) in [6, 6.07) is 18.1. The van der Waals surface area contributed by atoms with E-state index in [0.717, 1.165) is 18.4 Å². The third-order valence-electron chi connectivity index (χ3n) is 13.5. The average Bonchev–Trinajstić information content (AvgIpc) is 3.58. The SMILES string of the molecule is COc1c(CN2O[C@@H](CO)[C@@H]([C@H](C)O)[C@H]2C(=O)N[C@H]2C[C@@H]3C[C@H]([C@@H]2C)C3(C)C)cccc1-c1cc(C(=O)N[C@H](CN(C)C)[C@@H](NS(C)(=O)=O)c2ccccc2)cc(N(C)C)c1. The number of likely N-dealkylation sites (N-methyl/N-ethyl adjacent to an activating group) is 1. The zero-order valence-electron chi connectivity index (χ0n) is 37.3. The minimum Gasteiger partial charge on any atom is -0.496 e. The van der Waals surface area contributed by atoms with Gasteiger partial charge < -0.3 is 35.4 Å². The minimum absolute atomic E-state index is 0.000477. The molecule has 0 unspecified atom stereocenters. The van der Waals surface area contributed by atoms with Crippen LogP contribution < -0.4 is 25.0 Å². The topological polar surface area (TPSA) is 173 Å². The van der Waals surface area contributed by atoms with Gasteiger partial charge in [0, 0.05) is 55.0 Å². The Morgan fingerprint density at radius 1 is 1.03 bits per heavy atom. The highest BCUT2D eigenvalue weighted by Crippen LogP contribution is 2.61. The summed E-state index contributed by atoms with van der Waals surface area (Å²) in [5, 5.41) is 29.5. The van der Waals surface area contributed by atoms with Crippen molar-refractivity contribution in [3.8, 4) is 16.9 Å². The largest absolute Gasteiger partial charge is 0.496 e. The maximum Gasteiger partial charge on any atom is 0.251 e. The zero-order chi connectivity index (χ0) is 44.6. The molecule has 3 aliphatic carbocycles. The number of carbonyl (C=O) groups is 2. The van der Waals surface area contributed by atoms with Crippen molar-refractivity contribution in [3.63, 3.8) is 0 Å². The zero-order valence-corrected chi connectivity index (χ0v) is 38.1. The monoisotopic (exact) mass is 862 g/mol. The Morgan fingerprint density at radius 3 is 2.31 bits per heavy atom. The Hall–Kier alpha value is -4.09. The number of ether oxygens (including phenoxy) is 1. The molecule has 0 aromatic heterocycles. The van der Waals surface area contributed by atoms with Gasteiger partial charge in [-0.15, -0.1) is 0 Å². The van der Waals surface area contributed by atoms with E-state index in [9.17, 15) is 28.2 Å². The summed E-state index contributed by atoms with van der Waals surface area (Å²) in [4.78, 5) is 38.8. The summed E-state index contributed by atoms with van der Waals surface area (Å²) in [7, 11) is 5.39. The highest BCUT2D eigenvalue weighted by molar-refractivity contribution is 7.88. The molecule has 1 heterocycles. The van der Waals surface area contributed by atoms with Crippen molar-refractivity contribution < 1.29 is 37.8 Å². The van der Waals surface area contributed by atoms with Crippen LogP contribution in [0.5, 0.6) is 5.75 Å². The Bertz CT molecular complexity index is 2130. The summed E-state index contributed by atoms with van der Waals surface area (Å²) >= 11 is 0. The lowest BCUT2D eigenvalue weighted by Crippen LogP contribution is -2.62. The molecule has 1 aliphatic heterocycles. The van der Waals surface area contributed by atoms with Crippen LogP contribution in [0, 0.1) is 29.1 Å². The highest BCUT2D eigenvalue weighted by Gasteiger charge is 2.57. The van der Waals surface area contributed by atoms with Gasteiger partial charge in [0.1, 0.15) is 17.9 Å². The fourth-order valence-corrected chi connectivity index (χ4v) is 10.9. The van der Waals surface area contributed by atoms with Gasteiger partial charge in [0.05, 0.1) is 44.7 Å². The van der Waals surface area contributed by atoms with E-state index in [0.29, 0.717) is 57.9 Å². The number of hydroxylamine groups is 2. The molecule has 5 N–H and O–H groups in total. The van der Waals surface area contributed by atoms with E-state index in [2.05, 4.69) is 36.1 Å². The number of para-hydroxylation sites is 1. The van der Waals surface area contributed by atoms with Gasteiger partial charge in [-0.1, -0.05) is 69.3 Å². The number of aliphatic hydroxyl groups excluding tert-OH is 2. The first-order chi connectivity index (χ1) is 28.7. The van der Waals surface area contributed by atoms with Gasteiger partial charge in [0.15, 0.2) is 0 Å². The third-order valence-corrected chi connectivity index (χ3v) is 14.2. The molecule has 2 amide bonds. The van der Waals surface area contributed by atoms with Crippen molar-refractivity contribution in [2.75, 3.05) is 59.6 Å². The van der Waals surface area contributed by atoms with Crippen LogP contribution in [0.25, 0.3) is 11.1 Å². The number of hydrogen-bond donors (Lipinski definition) is 5. The van der Waals surface area contributed by atoms with E-state index in [1.807, 2.05) is 92.6 Å². The van der Waals surface area contributed by atoms with Crippen LogP contribution in [0.2, 0.25) is 0 Å². The van der Waals surface area contributed by atoms with Crippen LogP contribution in [0.3, 0.4) is 0 Å². The number of methoxy groups -OCH3 is 1. The van der Waals surface area contributed by atoms with Crippen molar-refractivity contribution in [2.45, 2.75) is 83.5 Å². The Morgan fingerprint density at radius 2 is 1.74 bits per heavy atom. The van der Waals surface area contributed by atoms with E-state index in [-0.39, 0.29) is 30.5 Å². The van der Waals surface area contributed by atoms with Gasteiger partial charge >= 0.3 is 0 Å². The molecular weight excluding hydrogens is 797 g/mol. The molecule has 2 bridgehead atoms. The number of aliphatic hydroxyl groups is 2. The van der Waals surface area contributed by atoms with Gasteiger partial charge in [-0.3, -0.25) is 14.4 Å². The molecule has 7 rings (SSSR count). The Kier molecular flexibility index (Phi) is 14.2. The van der Waals surface area contributed by atoms with Crippen molar-refractivity contribution in [2.24, 2.45) is 29.1 Å². The maximum absolute atomic E-state index is 14.4. The van der Waals surface area contributed by atoms with E-state index < -0.39 is 52.2 Å². The molecule has 0 radical (unpaired) electrons. The molecular formula is C46H66N6O8S. The molecule has 4 aliphatic rings. The van der Waals surface area contributed by atoms with Gasteiger partial charge in [0.25, 0.3) is 5.91 Å². The standard InChI is InChI=1S/C46H66N6O8S/c1-27-36-22-33(46(36,3)4)23-37(27)47-45(56)42-40(28(2)54)39(26-53)60-52(42)24-30-17-14-18-35(43(30)59-9)31-19-32(21-34(20-31)51(7)8)44(55)48-38(25-50(5)6)41(49-61(10,57)58)29-15-12-11-13-16-29/h11-21,27-28,33,36-42,49,53-54H,22-26H2,1-10H3,(H,47,56)(H,48,55)/t27-,28-,33-,36+,37-,38+,39-,40+,41-,42-/m0/s1. The summed E-state index contributed by atoms with van der Waals surface area (Å²) in [6.07, 6.45) is 1.44. The van der Waals surface area contributed by atoms with Crippen LogP contribution in [-0.4, -0.2) is 125 Å². The van der Waals surface area contributed by atoms with Gasteiger partial charge in [0.2, 0.25) is 15.9 Å². The first-order valence-corrected chi connectivity index (χ1v) is 23.1. The number of nitrogens with zero attached hydrogens (tertiary/aromatic N) is 3. The van der Waals surface area contributed by atoms with Gasteiger partial charge in [-0.2, -0.15) is 5.06 Å². The predicted molar refractivity (Wildman–Crippen MR) is 237 cm³/mol. The quantitative estimate of drug-likeness (QED) is 0.133. The van der Waals surface area contributed by atoms with E-state index >= 15 is 0 Å². The molecule has 3 aromatic rings. The highest BCUT2D eigenvalue weighted by atomic mass is 32.2. The lowest BCUT2D eigenvalue weighted by Gasteiger charge is -2.62. The summed E-state index contributed by atoms with van der Waals surface area (Å²) < 4.78 is 34.1. The number of amides is 2. The average molecular weight is 863 g/mol. The smallest absolute Gasteiger partial charge is 0.251 e. The van der Waals surface area contributed by atoms with Gasteiger partial charge in [-0.05, 0) is 86.4 Å². The second-order valence-corrected chi connectivity index (χ2v) is 20.3. The molecule has 61 heavy (non-hydrogen) atoms. The molecule has 4 fully saturated rings. The Balaban J connectivity index is 1.32. The minimum atomic E-state index is -3.67. The predicted octanol–water partition coefficient (Wildman–Crippen LogP) is 4.04. The fraction of sp³-hybridized carbons (Fsp3) is 0.565. The second-order valence-electron chi connectivity index (χ2n) is 18.5. The summed E-state index contributed by atoms with van der Waals surface area (Å²) in [5.74, 6) is 0.549. The number of sulfonamides is 1. The molecule has 3 aromatic carbocycles. The van der Waals surface area contributed by atoms with Crippen molar-refractivity contribution in [3.05, 3.63) is 83.4 Å².